The van der Waals surface area contributed by atoms with E-state index in [1.54, 1.807) is 6.07 Å². The molecule has 0 amide bonds. The molecule has 3 N–H and O–H groups in total. The number of pyridine rings is 1. The third-order valence-corrected chi connectivity index (χ3v) is 1.88. The van der Waals surface area contributed by atoms with Crippen molar-refractivity contribution in [2.75, 3.05) is 5.73 Å². The molecule has 4 nitrogen and oxygen atoms in total. The normalized spacial score (nSPS) is 10.1. The fourth-order valence-corrected chi connectivity index (χ4v) is 1.36. The van der Waals surface area contributed by atoms with E-state index in [1.807, 2.05) is 19.9 Å². The fourth-order valence-electron chi connectivity index (χ4n) is 1.36. The summed E-state index contributed by atoms with van der Waals surface area (Å²) in [6.07, 6.45) is 0.691. The molecule has 0 unspecified atom stereocenters. The second-order valence-corrected chi connectivity index (χ2v) is 3.66. The topological polar surface area (TPSA) is 82.7 Å². The third kappa shape index (κ3) is 2.13. The zero-order valence-corrected chi connectivity index (χ0v) is 8.29. The van der Waals surface area contributed by atoms with E-state index < -0.39 is 5.56 Å². The first kappa shape index (κ1) is 10.3. The summed E-state index contributed by atoms with van der Waals surface area (Å²) in [5.41, 5.74) is 5.99. The second-order valence-electron chi connectivity index (χ2n) is 3.66. The highest BCUT2D eigenvalue weighted by molar-refractivity contribution is 5.43. The summed E-state index contributed by atoms with van der Waals surface area (Å²) in [7, 11) is 0. The SMILES string of the molecule is CC(C)Cc1cc(N)[nH]c(=O)c1C#N. The average molecular weight is 191 g/mol. The van der Waals surface area contributed by atoms with Gasteiger partial charge in [0, 0.05) is 0 Å². The first-order valence-corrected chi connectivity index (χ1v) is 4.46. The molecule has 0 aliphatic heterocycles. The number of aromatic amines is 1. The number of hydrogen-bond donors (Lipinski definition) is 2. The number of nitriles is 1. The van der Waals surface area contributed by atoms with Crippen LogP contribution < -0.4 is 11.3 Å². The number of nitrogens with one attached hydrogen (secondary N) is 1. The molecule has 0 saturated heterocycles. The largest absolute Gasteiger partial charge is 0.385 e. The summed E-state index contributed by atoms with van der Waals surface area (Å²) >= 11 is 0. The first-order chi connectivity index (χ1) is 6.54. The second kappa shape index (κ2) is 3.97. The zero-order valence-electron chi connectivity index (χ0n) is 8.29. The summed E-state index contributed by atoms with van der Waals surface area (Å²) in [6, 6.07) is 3.55. The van der Waals surface area contributed by atoms with Gasteiger partial charge in [-0.2, -0.15) is 5.26 Å². The van der Waals surface area contributed by atoms with Crippen LogP contribution in [0, 0.1) is 17.2 Å². The van der Waals surface area contributed by atoms with Crippen molar-refractivity contribution in [1.82, 2.24) is 4.98 Å². The van der Waals surface area contributed by atoms with Crippen LogP contribution in [-0.2, 0) is 6.42 Å². The summed E-state index contributed by atoms with van der Waals surface area (Å²) in [6.45, 7) is 4.05. The Hall–Kier alpha value is -1.76. The molecule has 1 heterocycles. The molecule has 0 atom stereocenters. The summed E-state index contributed by atoms with van der Waals surface area (Å²) in [4.78, 5) is 13.7. The number of H-pyrrole nitrogens is 1. The zero-order chi connectivity index (χ0) is 10.7. The van der Waals surface area contributed by atoms with Crippen molar-refractivity contribution in [2.24, 2.45) is 5.92 Å². The van der Waals surface area contributed by atoms with E-state index in [9.17, 15) is 4.79 Å². The van der Waals surface area contributed by atoms with Crippen molar-refractivity contribution in [1.29, 1.82) is 5.26 Å². The molecule has 1 rings (SSSR count). The number of rotatable bonds is 2. The average Bonchev–Trinajstić information content (AvgIpc) is 2.01. The monoisotopic (exact) mass is 191 g/mol. The fraction of sp³-hybridized carbons (Fsp3) is 0.400. The van der Waals surface area contributed by atoms with Crippen molar-refractivity contribution in [2.45, 2.75) is 20.3 Å². The lowest BCUT2D eigenvalue weighted by Gasteiger charge is -2.06. The molecule has 0 aliphatic carbocycles. The molecule has 0 bridgehead atoms. The van der Waals surface area contributed by atoms with Crippen LogP contribution in [0.15, 0.2) is 10.9 Å². The van der Waals surface area contributed by atoms with Gasteiger partial charge < -0.3 is 10.7 Å². The van der Waals surface area contributed by atoms with Crippen LogP contribution in [0.3, 0.4) is 0 Å². The Morgan fingerprint density at radius 1 is 1.64 bits per heavy atom. The highest BCUT2D eigenvalue weighted by Crippen LogP contribution is 2.11. The molecule has 0 radical (unpaired) electrons. The van der Waals surface area contributed by atoms with Crippen molar-refractivity contribution < 1.29 is 0 Å². The van der Waals surface area contributed by atoms with Gasteiger partial charge in [-0.15, -0.1) is 0 Å². The molecule has 14 heavy (non-hydrogen) atoms. The van der Waals surface area contributed by atoms with Crippen LogP contribution in [0.1, 0.15) is 25.0 Å². The highest BCUT2D eigenvalue weighted by Gasteiger charge is 2.09. The number of nitrogens with two attached hydrogens (primary N) is 1. The number of nitrogens with zero attached hydrogens (tertiary/aromatic N) is 1. The third-order valence-electron chi connectivity index (χ3n) is 1.88. The molecule has 0 aromatic carbocycles. The predicted octanol–water partition coefficient (Wildman–Crippen LogP) is 1.03. The number of nitrogen functional groups attached to an aromatic ring is 1. The van der Waals surface area contributed by atoms with Gasteiger partial charge in [0.15, 0.2) is 0 Å². The van der Waals surface area contributed by atoms with Gasteiger partial charge in [-0.25, -0.2) is 0 Å². The minimum absolute atomic E-state index is 0.174. The predicted molar refractivity (Wildman–Crippen MR) is 54.7 cm³/mol. The maximum Gasteiger partial charge on any atom is 0.267 e. The van der Waals surface area contributed by atoms with E-state index in [0.717, 1.165) is 5.56 Å². The molecule has 4 heteroatoms. The van der Waals surface area contributed by atoms with Crippen molar-refractivity contribution in [3.63, 3.8) is 0 Å². The van der Waals surface area contributed by atoms with E-state index in [-0.39, 0.29) is 5.56 Å². The van der Waals surface area contributed by atoms with E-state index >= 15 is 0 Å². The Morgan fingerprint density at radius 3 is 2.79 bits per heavy atom. The van der Waals surface area contributed by atoms with Crippen LogP contribution in [0.5, 0.6) is 0 Å². The van der Waals surface area contributed by atoms with Gasteiger partial charge in [0.25, 0.3) is 5.56 Å². The van der Waals surface area contributed by atoms with E-state index in [2.05, 4.69) is 4.98 Å². The Balaban J connectivity index is 3.27. The lowest BCUT2D eigenvalue weighted by atomic mass is 10.00. The summed E-state index contributed by atoms with van der Waals surface area (Å²) < 4.78 is 0. The standard InChI is InChI=1S/C10H13N3O/c1-6(2)3-7-4-9(12)13-10(14)8(7)5-11/h4,6H,3H2,1-2H3,(H3,12,13,14). The van der Waals surface area contributed by atoms with Gasteiger partial charge in [-0.05, 0) is 24.0 Å². The maximum absolute atomic E-state index is 11.3. The van der Waals surface area contributed by atoms with Gasteiger partial charge in [-0.3, -0.25) is 4.79 Å². The molecule has 0 saturated carbocycles. The van der Waals surface area contributed by atoms with Crippen molar-refractivity contribution in [3.8, 4) is 6.07 Å². The van der Waals surface area contributed by atoms with Crippen LogP contribution in [0.25, 0.3) is 0 Å². The van der Waals surface area contributed by atoms with E-state index in [1.165, 1.54) is 0 Å². The smallest absolute Gasteiger partial charge is 0.267 e. The number of aromatic nitrogens is 1. The molecule has 0 spiro atoms. The lowest BCUT2D eigenvalue weighted by molar-refractivity contribution is 0.645. The van der Waals surface area contributed by atoms with Crippen molar-refractivity contribution >= 4 is 5.82 Å². The lowest BCUT2D eigenvalue weighted by Crippen LogP contribution is -2.16. The highest BCUT2D eigenvalue weighted by atomic mass is 16.1. The quantitative estimate of drug-likeness (QED) is 0.732. The van der Waals surface area contributed by atoms with Gasteiger partial charge in [0.2, 0.25) is 0 Å². The van der Waals surface area contributed by atoms with Crippen LogP contribution in [0.4, 0.5) is 5.82 Å². The Bertz CT molecular complexity index is 426. The molecule has 74 valence electrons. The van der Waals surface area contributed by atoms with Crippen LogP contribution >= 0.6 is 0 Å². The molecule has 0 aliphatic rings. The van der Waals surface area contributed by atoms with Gasteiger partial charge in [-0.1, -0.05) is 13.8 Å². The maximum atomic E-state index is 11.3. The van der Waals surface area contributed by atoms with Gasteiger partial charge >= 0.3 is 0 Å². The summed E-state index contributed by atoms with van der Waals surface area (Å²) in [5, 5.41) is 8.79. The molecular weight excluding hydrogens is 178 g/mol. The van der Waals surface area contributed by atoms with Crippen LogP contribution in [0.2, 0.25) is 0 Å². The molecule has 1 aromatic heterocycles. The number of anilines is 1. The minimum Gasteiger partial charge on any atom is -0.385 e. The van der Waals surface area contributed by atoms with Crippen LogP contribution in [-0.4, -0.2) is 4.98 Å². The van der Waals surface area contributed by atoms with Gasteiger partial charge in [0.05, 0.1) is 0 Å². The van der Waals surface area contributed by atoms with E-state index in [0.29, 0.717) is 18.2 Å². The number of hydrogen-bond acceptors (Lipinski definition) is 3. The Labute approximate surface area is 82.4 Å². The van der Waals surface area contributed by atoms with E-state index in [4.69, 9.17) is 11.0 Å². The van der Waals surface area contributed by atoms with Gasteiger partial charge in [0.1, 0.15) is 17.5 Å². The summed E-state index contributed by atoms with van der Waals surface area (Å²) in [5.74, 6) is 0.702. The Morgan fingerprint density at radius 2 is 2.29 bits per heavy atom. The Kier molecular flexibility index (Phi) is 2.92. The molecule has 1 aromatic rings. The molecule has 0 fully saturated rings. The first-order valence-electron chi connectivity index (χ1n) is 4.46. The minimum atomic E-state index is -0.400. The van der Waals surface area contributed by atoms with Crippen molar-refractivity contribution in [3.05, 3.63) is 27.5 Å². The molecular formula is C10H13N3O.